The zero-order valence-electron chi connectivity index (χ0n) is 7.99. The summed E-state index contributed by atoms with van der Waals surface area (Å²) in [7, 11) is 0. The lowest BCUT2D eigenvalue weighted by atomic mass is 10.3. The molecule has 0 spiro atoms. The maximum atomic E-state index is 8.42. The quantitative estimate of drug-likeness (QED) is 0.483. The SMILES string of the molecule is CCN(/C=C/C=C(C#N)C#N)CC. The second kappa shape index (κ2) is 6.94. The Labute approximate surface area is 79.2 Å². The third kappa shape index (κ3) is 4.66. The molecule has 0 aromatic rings. The van der Waals surface area contributed by atoms with E-state index in [-0.39, 0.29) is 5.57 Å². The van der Waals surface area contributed by atoms with Gasteiger partial charge < -0.3 is 4.90 Å². The van der Waals surface area contributed by atoms with Crippen molar-refractivity contribution in [1.82, 2.24) is 4.90 Å². The van der Waals surface area contributed by atoms with E-state index >= 15 is 0 Å². The van der Waals surface area contributed by atoms with E-state index in [2.05, 4.69) is 4.90 Å². The van der Waals surface area contributed by atoms with Crippen molar-refractivity contribution in [2.75, 3.05) is 13.1 Å². The fraction of sp³-hybridized carbons (Fsp3) is 0.400. The summed E-state index contributed by atoms with van der Waals surface area (Å²) in [5, 5.41) is 16.8. The topological polar surface area (TPSA) is 50.8 Å². The highest BCUT2D eigenvalue weighted by Crippen LogP contribution is 1.92. The van der Waals surface area contributed by atoms with Crippen LogP contribution in [0.15, 0.2) is 23.9 Å². The number of nitrogens with zero attached hydrogens (tertiary/aromatic N) is 3. The summed E-state index contributed by atoms with van der Waals surface area (Å²) in [4.78, 5) is 2.07. The van der Waals surface area contributed by atoms with Crippen LogP contribution in [0.25, 0.3) is 0 Å². The van der Waals surface area contributed by atoms with Crippen molar-refractivity contribution in [2.24, 2.45) is 0 Å². The Hall–Kier alpha value is -1.74. The molecule has 0 saturated heterocycles. The van der Waals surface area contributed by atoms with E-state index in [0.717, 1.165) is 13.1 Å². The van der Waals surface area contributed by atoms with Crippen LogP contribution in [0.4, 0.5) is 0 Å². The van der Waals surface area contributed by atoms with Gasteiger partial charge in [0.25, 0.3) is 0 Å². The van der Waals surface area contributed by atoms with E-state index < -0.39 is 0 Å². The molecule has 0 saturated carbocycles. The van der Waals surface area contributed by atoms with Gasteiger partial charge in [0.15, 0.2) is 0 Å². The number of rotatable bonds is 4. The monoisotopic (exact) mass is 175 g/mol. The van der Waals surface area contributed by atoms with Gasteiger partial charge in [-0.25, -0.2) is 0 Å². The zero-order chi connectivity index (χ0) is 10.1. The van der Waals surface area contributed by atoms with Gasteiger partial charge in [-0.3, -0.25) is 0 Å². The van der Waals surface area contributed by atoms with E-state index in [4.69, 9.17) is 10.5 Å². The molecule has 0 fully saturated rings. The van der Waals surface area contributed by atoms with Gasteiger partial charge in [-0.1, -0.05) is 0 Å². The van der Waals surface area contributed by atoms with E-state index in [1.165, 1.54) is 6.08 Å². The molecule has 3 heteroatoms. The van der Waals surface area contributed by atoms with Gasteiger partial charge in [0.1, 0.15) is 17.7 Å². The fourth-order valence-corrected chi connectivity index (χ4v) is 0.795. The van der Waals surface area contributed by atoms with E-state index in [0.29, 0.717) is 0 Å². The van der Waals surface area contributed by atoms with Crippen LogP contribution in [-0.4, -0.2) is 18.0 Å². The second-order valence-electron chi connectivity index (χ2n) is 2.37. The summed E-state index contributed by atoms with van der Waals surface area (Å²) < 4.78 is 0. The molecule has 0 atom stereocenters. The molecule has 13 heavy (non-hydrogen) atoms. The third-order valence-electron chi connectivity index (χ3n) is 1.61. The first-order chi connectivity index (χ1) is 6.28. The van der Waals surface area contributed by atoms with Crippen molar-refractivity contribution in [1.29, 1.82) is 10.5 Å². The normalized spacial score (nSPS) is 8.92. The van der Waals surface area contributed by atoms with Crippen molar-refractivity contribution < 1.29 is 0 Å². The predicted octanol–water partition coefficient (Wildman–Crippen LogP) is 1.82. The molecular weight excluding hydrogens is 162 g/mol. The van der Waals surface area contributed by atoms with Gasteiger partial charge >= 0.3 is 0 Å². The molecule has 0 unspecified atom stereocenters. The average molecular weight is 175 g/mol. The Kier molecular flexibility index (Phi) is 6.01. The summed E-state index contributed by atoms with van der Waals surface area (Å²) in [6.45, 7) is 5.95. The summed E-state index contributed by atoms with van der Waals surface area (Å²) in [6.07, 6.45) is 5.10. The van der Waals surface area contributed by atoms with E-state index in [1.54, 1.807) is 18.2 Å². The van der Waals surface area contributed by atoms with Gasteiger partial charge in [-0.05, 0) is 32.2 Å². The lowest BCUT2D eigenvalue weighted by Gasteiger charge is -2.13. The number of hydrogen-bond acceptors (Lipinski definition) is 3. The lowest BCUT2D eigenvalue weighted by Crippen LogP contribution is -2.14. The molecule has 0 aliphatic rings. The molecule has 68 valence electrons. The number of nitriles is 2. The molecule has 0 aromatic heterocycles. The second-order valence-corrected chi connectivity index (χ2v) is 2.37. The van der Waals surface area contributed by atoms with Crippen LogP contribution >= 0.6 is 0 Å². The minimum atomic E-state index is 0.128. The Balaban J connectivity index is 4.22. The van der Waals surface area contributed by atoms with Crippen LogP contribution in [-0.2, 0) is 0 Å². The molecule has 0 amide bonds. The molecule has 0 aliphatic carbocycles. The number of hydrogen-bond donors (Lipinski definition) is 0. The first kappa shape index (κ1) is 11.3. The zero-order valence-corrected chi connectivity index (χ0v) is 7.99. The number of allylic oxidation sites excluding steroid dienone is 3. The van der Waals surface area contributed by atoms with Crippen molar-refractivity contribution in [3.63, 3.8) is 0 Å². The van der Waals surface area contributed by atoms with Crippen LogP contribution in [0.3, 0.4) is 0 Å². The van der Waals surface area contributed by atoms with Gasteiger partial charge in [0.2, 0.25) is 0 Å². The standard InChI is InChI=1S/C10H13N3/c1-3-13(4-2)7-5-6-10(8-11)9-12/h5-7H,3-4H2,1-2H3/b7-5+. The molecular formula is C10H13N3. The molecule has 0 rings (SSSR count). The average Bonchev–Trinajstić information content (AvgIpc) is 2.19. The first-order valence-corrected chi connectivity index (χ1v) is 4.21. The third-order valence-corrected chi connectivity index (χ3v) is 1.61. The summed E-state index contributed by atoms with van der Waals surface area (Å²) >= 11 is 0. The van der Waals surface area contributed by atoms with Crippen LogP contribution in [0.2, 0.25) is 0 Å². The summed E-state index contributed by atoms with van der Waals surface area (Å²) in [6, 6.07) is 3.58. The van der Waals surface area contributed by atoms with Gasteiger partial charge in [0, 0.05) is 13.1 Å². The summed E-state index contributed by atoms with van der Waals surface area (Å²) in [5.74, 6) is 0. The van der Waals surface area contributed by atoms with Gasteiger partial charge in [-0.2, -0.15) is 10.5 Å². The minimum Gasteiger partial charge on any atom is -0.378 e. The smallest absolute Gasteiger partial charge is 0.129 e. The minimum absolute atomic E-state index is 0.128. The van der Waals surface area contributed by atoms with E-state index in [9.17, 15) is 0 Å². The van der Waals surface area contributed by atoms with Crippen LogP contribution < -0.4 is 0 Å². The van der Waals surface area contributed by atoms with Crippen LogP contribution in [0, 0.1) is 22.7 Å². The maximum absolute atomic E-state index is 8.42. The molecule has 0 radical (unpaired) electrons. The van der Waals surface area contributed by atoms with Crippen molar-refractivity contribution in [2.45, 2.75) is 13.8 Å². The van der Waals surface area contributed by atoms with Gasteiger partial charge in [0.05, 0.1) is 0 Å². The van der Waals surface area contributed by atoms with Crippen molar-refractivity contribution >= 4 is 0 Å². The maximum Gasteiger partial charge on any atom is 0.129 e. The largest absolute Gasteiger partial charge is 0.378 e. The van der Waals surface area contributed by atoms with Crippen LogP contribution in [0.1, 0.15) is 13.8 Å². The Bertz CT molecular complexity index is 256. The van der Waals surface area contributed by atoms with Crippen LogP contribution in [0.5, 0.6) is 0 Å². The van der Waals surface area contributed by atoms with E-state index in [1.807, 2.05) is 20.0 Å². The molecule has 0 N–H and O–H groups in total. The highest BCUT2D eigenvalue weighted by molar-refractivity contribution is 5.37. The fourth-order valence-electron chi connectivity index (χ4n) is 0.795. The highest BCUT2D eigenvalue weighted by atomic mass is 15.1. The van der Waals surface area contributed by atoms with Crippen molar-refractivity contribution in [3.05, 3.63) is 23.9 Å². The van der Waals surface area contributed by atoms with Crippen molar-refractivity contribution in [3.8, 4) is 12.1 Å². The predicted molar refractivity (Wildman–Crippen MR) is 51.4 cm³/mol. The molecule has 0 bridgehead atoms. The molecule has 0 heterocycles. The molecule has 0 aromatic carbocycles. The molecule has 0 aliphatic heterocycles. The highest BCUT2D eigenvalue weighted by Gasteiger charge is 1.89. The Morgan fingerprint density at radius 1 is 1.23 bits per heavy atom. The first-order valence-electron chi connectivity index (χ1n) is 4.21. The Morgan fingerprint density at radius 3 is 2.15 bits per heavy atom. The lowest BCUT2D eigenvalue weighted by molar-refractivity contribution is 0.419. The Morgan fingerprint density at radius 2 is 1.77 bits per heavy atom. The van der Waals surface area contributed by atoms with Gasteiger partial charge in [-0.15, -0.1) is 0 Å². The molecule has 3 nitrogen and oxygen atoms in total. The summed E-state index contributed by atoms with van der Waals surface area (Å²) in [5.41, 5.74) is 0.128.